The summed E-state index contributed by atoms with van der Waals surface area (Å²) < 4.78 is 2.28. The summed E-state index contributed by atoms with van der Waals surface area (Å²) in [6.07, 6.45) is 5.69. The molecule has 1 amide bonds. The summed E-state index contributed by atoms with van der Waals surface area (Å²) in [6, 6.07) is 6.85. The summed E-state index contributed by atoms with van der Waals surface area (Å²) in [6.45, 7) is 4.88. The number of amides is 1. The minimum absolute atomic E-state index is 0.138. The van der Waals surface area contributed by atoms with Crippen LogP contribution in [-0.2, 0) is 11.2 Å². The normalized spacial score (nSPS) is 17.9. The van der Waals surface area contributed by atoms with Crippen LogP contribution >= 0.6 is 23.1 Å². The number of thioether (sulfide) groups is 1. The highest BCUT2D eigenvalue weighted by Gasteiger charge is 2.33. The number of benzene rings is 1. The smallest absolute Gasteiger partial charge is 0.237 e. The Balaban J connectivity index is 1.16. The molecule has 0 unspecified atom stereocenters. The van der Waals surface area contributed by atoms with E-state index in [9.17, 15) is 4.79 Å². The van der Waals surface area contributed by atoms with Crippen LogP contribution in [0.2, 0.25) is 0 Å². The van der Waals surface area contributed by atoms with Gasteiger partial charge >= 0.3 is 0 Å². The first-order valence-corrected chi connectivity index (χ1v) is 13.2. The first-order valence-electron chi connectivity index (χ1n) is 11.4. The Bertz CT molecular complexity index is 1160. The first kappa shape index (κ1) is 20.2. The van der Waals surface area contributed by atoms with Crippen molar-refractivity contribution in [1.82, 2.24) is 19.7 Å². The summed E-state index contributed by atoms with van der Waals surface area (Å²) in [5.74, 6) is 1.52. The Kier molecular flexibility index (Phi) is 5.18. The zero-order chi connectivity index (χ0) is 21.7. The van der Waals surface area contributed by atoms with Crippen LogP contribution in [0.1, 0.15) is 42.3 Å². The van der Waals surface area contributed by atoms with Crippen LogP contribution in [0, 0.1) is 6.92 Å². The molecule has 2 fully saturated rings. The van der Waals surface area contributed by atoms with Gasteiger partial charge in [0.1, 0.15) is 0 Å². The van der Waals surface area contributed by atoms with E-state index in [-0.39, 0.29) is 5.91 Å². The minimum Gasteiger partial charge on any atom is -0.341 e. The third kappa shape index (κ3) is 3.71. The molecule has 3 aromatic rings. The SMILES string of the molecule is Cc1nc(-c2ccc3c(c2)CCN3C(=O)CSc2nnc(N3CCCC3)n2C2CC2)cs1. The van der Waals surface area contributed by atoms with Crippen molar-refractivity contribution >= 4 is 40.6 Å². The second kappa shape index (κ2) is 8.19. The van der Waals surface area contributed by atoms with E-state index in [1.54, 1.807) is 11.3 Å². The van der Waals surface area contributed by atoms with Crippen LogP contribution in [0.15, 0.2) is 28.7 Å². The van der Waals surface area contributed by atoms with Crippen molar-refractivity contribution < 1.29 is 4.79 Å². The molecule has 1 aliphatic carbocycles. The number of aryl methyl sites for hydroxylation is 1. The minimum atomic E-state index is 0.138. The van der Waals surface area contributed by atoms with Crippen LogP contribution in [-0.4, -0.2) is 51.0 Å². The lowest BCUT2D eigenvalue weighted by atomic mass is 10.1. The fourth-order valence-electron chi connectivity index (χ4n) is 4.67. The third-order valence-electron chi connectivity index (χ3n) is 6.46. The number of nitrogens with zero attached hydrogens (tertiary/aromatic N) is 6. The summed E-state index contributed by atoms with van der Waals surface area (Å²) in [4.78, 5) is 22.0. The van der Waals surface area contributed by atoms with Gasteiger partial charge in [-0.3, -0.25) is 9.36 Å². The van der Waals surface area contributed by atoms with Gasteiger partial charge in [-0.15, -0.1) is 21.5 Å². The molecule has 0 spiro atoms. The fraction of sp³-hybridized carbons (Fsp3) is 0.478. The molecule has 32 heavy (non-hydrogen) atoms. The molecule has 7 nitrogen and oxygen atoms in total. The summed E-state index contributed by atoms with van der Waals surface area (Å²) in [7, 11) is 0. The van der Waals surface area contributed by atoms with Crippen molar-refractivity contribution in [3.05, 3.63) is 34.2 Å². The largest absolute Gasteiger partial charge is 0.341 e. The molecule has 0 N–H and O–H groups in total. The summed E-state index contributed by atoms with van der Waals surface area (Å²) in [5, 5.41) is 13.0. The number of carbonyl (C=O) groups excluding carboxylic acids is 1. The van der Waals surface area contributed by atoms with Gasteiger partial charge in [-0.2, -0.15) is 0 Å². The van der Waals surface area contributed by atoms with E-state index in [4.69, 9.17) is 0 Å². The molecule has 0 bridgehead atoms. The molecule has 0 atom stereocenters. The Hall–Kier alpha value is -2.39. The van der Waals surface area contributed by atoms with E-state index < -0.39 is 0 Å². The van der Waals surface area contributed by atoms with Gasteiger partial charge in [0.2, 0.25) is 11.9 Å². The predicted molar refractivity (Wildman–Crippen MR) is 129 cm³/mol. The van der Waals surface area contributed by atoms with Gasteiger partial charge in [-0.1, -0.05) is 17.8 Å². The van der Waals surface area contributed by atoms with E-state index in [0.717, 1.165) is 59.1 Å². The molecule has 1 saturated carbocycles. The van der Waals surface area contributed by atoms with Crippen LogP contribution < -0.4 is 9.80 Å². The number of hydrogen-bond acceptors (Lipinski definition) is 7. The third-order valence-corrected chi connectivity index (χ3v) is 8.16. The van der Waals surface area contributed by atoms with Crippen LogP contribution in [0.5, 0.6) is 0 Å². The van der Waals surface area contributed by atoms with E-state index >= 15 is 0 Å². The van der Waals surface area contributed by atoms with Crippen LogP contribution in [0.25, 0.3) is 11.3 Å². The van der Waals surface area contributed by atoms with Crippen molar-refractivity contribution in [2.24, 2.45) is 0 Å². The number of hydrogen-bond donors (Lipinski definition) is 0. The summed E-state index contributed by atoms with van der Waals surface area (Å²) in [5.41, 5.74) is 4.41. The number of thiazole rings is 1. The van der Waals surface area contributed by atoms with Gasteiger partial charge in [-0.25, -0.2) is 4.98 Å². The Morgan fingerprint density at radius 2 is 2.03 bits per heavy atom. The molecule has 2 aliphatic heterocycles. The lowest BCUT2D eigenvalue weighted by molar-refractivity contribution is -0.116. The maximum atomic E-state index is 13.1. The second-order valence-corrected chi connectivity index (χ2v) is 10.8. The quantitative estimate of drug-likeness (QED) is 0.504. The molecule has 0 radical (unpaired) electrons. The van der Waals surface area contributed by atoms with E-state index in [1.807, 2.05) is 11.8 Å². The van der Waals surface area contributed by atoms with Crippen molar-refractivity contribution in [1.29, 1.82) is 0 Å². The Morgan fingerprint density at radius 3 is 2.78 bits per heavy atom. The highest BCUT2D eigenvalue weighted by molar-refractivity contribution is 7.99. The molecule has 2 aromatic heterocycles. The average Bonchev–Trinajstić information content (AvgIpc) is 3.24. The number of aromatic nitrogens is 4. The maximum absolute atomic E-state index is 13.1. The van der Waals surface area contributed by atoms with Crippen molar-refractivity contribution in [3.63, 3.8) is 0 Å². The second-order valence-electron chi connectivity index (χ2n) is 8.76. The number of anilines is 2. The Labute approximate surface area is 195 Å². The molecule has 4 heterocycles. The van der Waals surface area contributed by atoms with Gasteiger partial charge in [0, 0.05) is 42.3 Å². The molecule has 9 heteroatoms. The number of rotatable bonds is 6. The first-order chi connectivity index (χ1) is 15.7. The van der Waals surface area contributed by atoms with Crippen molar-refractivity contribution in [3.8, 4) is 11.3 Å². The highest BCUT2D eigenvalue weighted by Crippen LogP contribution is 2.41. The molecule has 1 aromatic carbocycles. The van der Waals surface area contributed by atoms with E-state index in [0.29, 0.717) is 11.8 Å². The molecule has 166 valence electrons. The van der Waals surface area contributed by atoms with Crippen molar-refractivity contribution in [2.75, 3.05) is 35.2 Å². The molecule has 3 aliphatic rings. The van der Waals surface area contributed by atoms with Crippen LogP contribution in [0.4, 0.5) is 11.6 Å². The zero-order valence-electron chi connectivity index (χ0n) is 18.2. The molecular formula is C23H26N6OS2. The molecular weight excluding hydrogens is 440 g/mol. The average molecular weight is 467 g/mol. The van der Waals surface area contributed by atoms with Gasteiger partial charge in [-0.05, 0) is 56.7 Å². The Morgan fingerprint density at radius 1 is 1.19 bits per heavy atom. The fourth-order valence-corrected chi connectivity index (χ4v) is 6.17. The lowest BCUT2D eigenvalue weighted by Crippen LogP contribution is -2.30. The molecule has 1 saturated heterocycles. The van der Waals surface area contributed by atoms with E-state index in [2.05, 4.69) is 48.2 Å². The molecule has 6 rings (SSSR count). The zero-order valence-corrected chi connectivity index (χ0v) is 19.8. The highest BCUT2D eigenvalue weighted by atomic mass is 32.2. The summed E-state index contributed by atoms with van der Waals surface area (Å²) >= 11 is 3.20. The number of carbonyl (C=O) groups is 1. The van der Waals surface area contributed by atoms with Crippen LogP contribution in [0.3, 0.4) is 0 Å². The van der Waals surface area contributed by atoms with Gasteiger partial charge in [0.05, 0.1) is 16.5 Å². The predicted octanol–water partition coefficient (Wildman–Crippen LogP) is 4.33. The maximum Gasteiger partial charge on any atom is 0.237 e. The van der Waals surface area contributed by atoms with Gasteiger partial charge < -0.3 is 9.80 Å². The van der Waals surface area contributed by atoms with Gasteiger partial charge in [0.25, 0.3) is 0 Å². The standard InChI is InChI=1S/C23H26N6OS2/c1-15-24-19(13-31-15)16-4-7-20-17(12-16)8-11-28(20)21(30)14-32-23-26-25-22(27-9-2-3-10-27)29(23)18-5-6-18/h4,7,12-13,18H,2-3,5-6,8-11,14H2,1H3. The lowest BCUT2D eigenvalue weighted by Gasteiger charge is -2.19. The monoisotopic (exact) mass is 466 g/mol. The van der Waals surface area contributed by atoms with Crippen molar-refractivity contribution in [2.45, 2.75) is 50.2 Å². The van der Waals surface area contributed by atoms with Gasteiger partial charge in [0.15, 0.2) is 5.16 Å². The topological polar surface area (TPSA) is 67.2 Å². The van der Waals surface area contributed by atoms with E-state index in [1.165, 1.54) is 43.0 Å². The number of fused-ring (bicyclic) bond motifs is 1.